The first kappa shape index (κ1) is 32.6. The molecule has 0 aliphatic carbocycles. The van der Waals surface area contributed by atoms with Gasteiger partial charge in [0.2, 0.25) is 0 Å². The molecule has 1 atom stereocenters. The van der Waals surface area contributed by atoms with Gasteiger partial charge in [0.25, 0.3) is 0 Å². The molecule has 240 valence electrons. The van der Waals surface area contributed by atoms with Crippen molar-refractivity contribution >= 4 is 59.5 Å². The topological polar surface area (TPSA) is 129 Å². The monoisotopic (exact) mass is 734 g/mol. The van der Waals surface area contributed by atoms with Crippen LogP contribution in [0.4, 0.5) is 15.9 Å². The van der Waals surface area contributed by atoms with Crippen LogP contribution in [0.25, 0.3) is 22.3 Å². The minimum absolute atomic E-state index is 0.0170. The van der Waals surface area contributed by atoms with E-state index in [0.29, 0.717) is 34.9 Å². The average Bonchev–Trinajstić information content (AvgIpc) is 3.57. The third-order valence-electron chi connectivity index (χ3n) is 7.06. The Hall–Kier alpha value is -4.37. The predicted molar refractivity (Wildman–Crippen MR) is 182 cm³/mol. The molecule has 0 aliphatic heterocycles. The number of rotatable bonds is 13. The van der Waals surface area contributed by atoms with E-state index in [1.165, 1.54) is 42.1 Å². The molecule has 0 aliphatic rings. The quantitative estimate of drug-likeness (QED) is 0.126. The van der Waals surface area contributed by atoms with Gasteiger partial charge in [0.1, 0.15) is 41.4 Å². The average molecular weight is 736 g/mol. The molecule has 1 unspecified atom stereocenters. The second-order valence-corrected chi connectivity index (χ2v) is 14.1. The summed E-state index contributed by atoms with van der Waals surface area (Å²) in [4.78, 5) is 22.1. The molecule has 47 heavy (non-hydrogen) atoms. The largest absolute Gasteiger partial charge is 0.488 e. The van der Waals surface area contributed by atoms with Crippen molar-refractivity contribution in [2.24, 2.45) is 0 Å². The van der Waals surface area contributed by atoms with Crippen molar-refractivity contribution in [1.82, 2.24) is 24.9 Å². The van der Waals surface area contributed by atoms with Gasteiger partial charge in [-0.2, -0.15) is 0 Å². The van der Waals surface area contributed by atoms with Gasteiger partial charge in [0.15, 0.2) is 14.9 Å². The molecule has 0 radical (unpaired) electrons. The Bertz CT molecular complexity index is 2120. The van der Waals surface area contributed by atoms with Crippen LogP contribution in [0.1, 0.15) is 30.0 Å². The fraction of sp³-hybridized carbons (Fsp3) is 0.182. The van der Waals surface area contributed by atoms with Crippen molar-refractivity contribution in [3.8, 4) is 17.1 Å². The van der Waals surface area contributed by atoms with Gasteiger partial charge in [0, 0.05) is 22.7 Å². The van der Waals surface area contributed by atoms with Crippen molar-refractivity contribution in [2.75, 3.05) is 17.7 Å². The van der Waals surface area contributed by atoms with Crippen molar-refractivity contribution in [3.63, 3.8) is 0 Å². The SMILES string of the molecule is CCC(OCCS(=O)(=O)c1ccccn1)c1nc(-c2cc3c(Nc4ccc(OCc5cccc(F)c5)c(Br)c4)ncnc3cn2)cs1. The fourth-order valence-electron chi connectivity index (χ4n) is 4.67. The molecule has 0 bridgehead atoms. The number of thiazole rings is 1. The molecule has 10 nitrogen and oxygen atoms in total. The van der Waals surface area contributed by atoms with Crippen molar-refractivity contribution in [1.29, 1.82) is 0 Å². The summed E-state index contributed by atoms with van der Waals surface area (Å²) in [7, 11) is -3.55. The number of anilines is 2. The lowest BCUT2D eigenvalue weighted by Crippen LogP contribution is -2.15. The summed E-state index contributed by atoms with van der Waals surface area (Å²) >= 11 is 4.99. The van der Waals surface area contributed by atoms with E-state index in [-0.39, 0.29) is 35.9 Å². The molecule has 14 heteroatoms. The highest BCUT2D eigenvalue weighted by Gasteiger charge is 2.20. The smallest absolute Gasteiger partial charge is 0.197 e. The second kappa shape index (κ2) is 14.6. The number of hydrogen-bond donors (Lipinski definition) is 1. The summed E-state index contributed by atoms with van der Waals surface area (Å²) in [6.07, 6.45) is 4.85. The number of nitrogens with zero attached hydrogens (tertiary/aromatic N) is 5. The van der Waals surface area contributed by atoms with E-state index < -0.39 is 9.84 Å². The summed E-state index contributed by atoms with van der Waals surface area (Å²) in [5, 5.41) is 6.76. The minimum Gasteiger partial charge on any atom is -0.488 e. The number of benzene rings is 2. The molecule has 6 rings (SSSR count). The third kappa shape index (κ3) is 7.96. The lowest BCUT2D eigenvalue weighted by Gasteiger charge is -2.13. The summed E-state index contributed by atoms with van der Waals surface area (Å²) < 4.78 is 51.3. The van der Waals surface area contributed by atoms with E-state index >= 15 is 0 Å². The first-order chi connectivity index (χ1) is 22.8. The normalized spacial score (nSPS) is 12.2. The Kier molecular flexibility index (Phi) is 10.1. The molecule has 6 aromatic rings. The number of pyridine rings is 2. The molecule has 4 aromatic heterocycles. The molecule has 0 fully saturated rings. The van der Waals surface area contributed by atoms with E-state index in [1.807, 2.05) is 36.6 Å². The molecule has 0 saturated carbocycles. The molecular formula is C33H28BrFN6O4S2. The summed E-state index contributed by atoms with van der Waals surface area (Å²) in [5.41, 5.74) is 3.44. The van der Waals surface area contributed by atoms with E-state index in [2.05, 4.69) is 41.2 Å². The van der Waals surface area contributed by atoms with Gasteiger partial charge in [-0.3, -0.25) is 4.98 Å². The predicted octanol–water partition coefficient (Wildman–Crippen LogP) is 7.71. The van der Waals surface area contributed by atoms with Crippen molar-refractivity contribution in [3.05, 3.63) is 112 Å². The van der Waals surface area contributed by atoms with Gasteiger partial charge < -0.3 is 14.8 Å². The Morgan fingerprint density at radius 1 is 1.00 bits per heavy atom. The van der Waals surface area contributed by atoms with E-state index in [1.54, 1.807) is 30.5 Å². The lowest BCUT2D eigenvalue weighted by atomic mass is 10.2. The number of ether oxygens (including phenoxy) is 2. The first-order valence-corrected chi connectivity index (χ1v) is 17.9. The van der Waals surface area contributed by atoms with Crippen LogP contribution in [0, 0.1) is 5.82 Å². The molecule has 1 N–H and O–H groups in total. The highest BCUT2D eigenvalue weighted by Crippen LogP contribution is 2.33. The lowest BCUT2D eigenvalue weighted by molar-refractivity contribution is 0.0609. The van der Waals surface area contributed by atoms with Gasteiger partial charge in [-0.25, -0.2) is 32.7 Å². The Balaban J connectivity index is 1.14. The zero-order valence-corrected chi connectivity index (χ0v) is 28.2. The number of hydrogen-bond acceptors (Lipinski definition) is 11. The van der Waals surface area contributed by atoms with Crippen LogP contribution in [-0.4, -0.2) is 45.7 Å². The van der Waals surface area contributed by atoms with E-state index in [4.69, 9.17) is 14.5 Å². The second-order valence-electron chi connectivity index (χ2n) is 10.3. The fourth-order valence-corrected chi connectivity index (χ4v) is 7.14. The van der Waals surface area contributed by atoms with Gasteiger partial charge in [-0.05, 0) is 76.4 Å². The Labute approximate surface area is 283 Å². The summed E-state index contributed by atoms with van der Waals surface area (Å²) in [6, 6.07) is 18.5. The maximum absolute atomic E-state index is 13.5. The molecule has 0 spiro atoms. The van der Waals surface area contributed by atoms with Crippen LogP contribution in [0.5, 0.6) is 5.75 Å². The molecule has 4 heterocycles. The van der Waals surface area contributed by atoms with Crippen LogP contribution in [-0.2, 0) is 21.2 Å². The first-order valence-electron chi connectivity index (χ1n) is 14.5. The number of aromatic nitrogens is 5. The van der Waals surface area contributed by atoms with Crippen LogP contribution in [0.15, 0.2) is 100 Å². The molecule has 0 amide bonds. The zero-order valence-electron chi connectivity index (χ0n) is 25.0. The van der Waals surface area contributed by atoms with Gasteiger partial charge in [-0.1, -0.05) is 25.1 Å². The summed E-state index contributed by atoms with van der Waals surface area (Å²) in [5.74, 6) is 0.708. The maximum atomic E-state index is 13.5. The summed E-state index contributed by atoms with van der Waals surface area (Å²) in [6.45, 7) is 2.21. The third-order valence-corrected chi connectivity index (χ3v) is 10.2. The number of sulfone groups is 1. The van der Waals surface area contributed by atoms with Crippen molar-refractivity contribution < 1.29 is 22.3 Å². The standard InChI is InChI=1S/C33H28BrFN6O4S2/c1-2-29(44-12-13-47(42,43)31-8-3-4-11-36-31)33-41-28(19-46-33)26-16-24-27(17-37-26)38-20-39-32(24)40-23-9-10-30(25(34)15-23)45-18-21-6-5-7-22(35)14-21/h3-11,14-17,19-20,29H,2,12-13,18H2,1H3,(H,38,39,40). The van der Waals surface area contributed by atoms with Crippen LogP contribution < -0.4 is 10.1 Å². The van der Waals surface area contributed by atoms with Gasteiger partial charge >= 0.3 is 0 Å². The Morgan fingerprint density at radius 3 is 2.68 bits per heavy atom. The zero-order chi connectivity index (χ0) is 32.8. The van der Waals surface area contributed by atoms with Crippen molar-refractivity contribution in [2.45, 2.75) is 31.1 Å². The number of halogens is 2. The molecule has 0 saturated heterocycles. The van der Waals surface area contributed by atoms with Crippen LogP contribution in [0.2, 0.25) is 0 Å². The maximum Gasteiger partial charge on any atom is 0.197 e. The van der Waals surface area contributed by atoms with Gasteiger partial charge in [-0.15, -0.1) is 11.3 Å². The highest BCUT2D eigenvalue weighted by atomic mass is 79.9. The van der Waals surface area contributed by atoms with E-state index in [9.17, 15) is 12.8 Å². The van der Waals surface area contributed by atoms with Crippen LogP contribution in [0.3, 0.4) is 0 Å². The van der Waals surface area contributed by atoms with Gasteiger partial charge in [0.05, 0.1) is 39.9 Å². The highest BCUT2D eigenvalue weighted by molar-refractivity contribution is 9.10. The van der Waals surface area contributed by atoms with E-state index in [0.717, 1.165) is 26.1 Å². The minimum atomic E-state index is -3.55. The molecular weight excluding hydrogens is 707 g/mol. The van der Waals surface area contributed by atoms with Crippen LogP contribution >= 0.6 is 27.3 Å². The Morgan fingerprint density at radius 2 is 1.89 bits per heavy atom. The number of nitrogens with one attached hydrogen (secondary N) is 1. The number of fused-ring (bicyclic) bond motifs is 1. The molecule has 2 aromatic carbocycles.